The molecule has 10 nitrogen and oxygen atoms in total. The van der Waals surface area contributed by atoms with E-state index in [1.165, 1.54) is 0 Å². The lowest BCUT2D eigenvalue weighted by atomic mass is 9.82. The van der Waals surface area contributed by atoms with Gasteiger partial charge in [0.15, 0.2) is 5.60 Å². The molecule has 3 aromatic carbocycles. The van der Waals surface area contributed by atoms with E-state index in [2.05, 4.69) is 15.6 Å². The highest BCUT2D eigenvalue weighted by molar-refractivity contribution is 6.72. The first-order valence-electron chi connectivity index (χ1n) is 15.9. The Morgan fingerprint density at radius 3 is 2.55 bits per heavy atom. The molecule has 2 amide bonds. The molecular weight excluding hydrogens is 617 g/mol. The first-order valence-corrected chi connectivity index (χ1v) is 18.8. The van der Waals surface area contributed by atoms with Crippen LogP contribution in [0.2, 0.25) is 18.6 Å². The van der Waals surface area contributed by atoms with Crippen molar-refractivity contribution in [1.29, 1.82) is 0 Å². The number of aromatic nitrogens is 3. The van der Waals surface area contributed by atoms with Crippen molar-refractivity contribution >= 4 is 31.6 Å². The molecule has 12 heteroatoms. The van der Waals surface area contributed by atoms with Crippen LogP contribution in [0.4, 0.5) is 15.5 Å². The van der Waals surface area contributed by atoms with Crippen LogP contribution >= 0.6 is 0 Å². The summed E-state index contributed by atoms with van der Waals surface area (Å²) < 4.78 is 30.3. The van der Waals surface area contributed by atoms with Crippen molar-refractivity contribution in [2.75, 3.05) is 23.9 Å². The highest BCUT2D eigenvalue weighted by atomic mass is 28.4. The van der Waals surface area contributed by atoms with Gasteiger partial charge in [0.05, 0.1) is 31.1 Å². The third kappa shape index (κ3) is 6.20. The quantitative estimate of drug-likeness (QED) is 0.162. The van der Waals surface area contributed by atoms with Crippen LogP contribution in [0.5, 0.6) is 5.75 Å². The molecule has 0 radical (unpaired) electrons. The van der Waals surface area contributed by atoms with Crippen LogP contribution in [0, 0.1) is 5.92 Å². The fraction of sp³-hybridized carbons (Fsp3) is 0.371. The van der Waals surface area contributed by atoms with Crippen molar-refractivity contribution in [3.63, 3.8) is 0 Å². The number of amides is 2. The number of halogens is 1. The van der Waals surface area contributed by atoms with E-state index < -0.39 is 31.6 Å². The Morgan fingerprint density at radius 2 is 1.87 bits per heavy atom. The molecule has 2 aliphatic heterocycles. The molecule has 0 bridgehead atoms. The van der Waals surface area contributed by atoms with Gasteiger partial charge in [-0.1, -0.05) is 42.5 Å². The smallest absolute Gasteiger partial charge is 0.264 e. The minimum Gasteiger partial charge on any atom is -0.497 e. The Bertz CT molecular complexity index is 1750. The van der Waals surface area contributed by atoms with E-state index in [-0.39, 0.29) is 25.0 Å². The summed E-state index contributed by atoms with van der Waals surface area (Å²) >= 11 is 0. The van der Waals surface area contributed by atoms with Gasteiger partial charge in [-0.2, -0.15) is 0 Å². The van der Waals surface area contributed by atoms with Crippen molar-refractivity contribution < 1.29 is 28.3 Å². The monoisotopic (exact) mass is 657 g/mol. The van der Waals surface area contributed by atoms with E-state index in [0.717, 1.165) is 5.56 Å². The fourth-order valence-electron chi connectivity index (χ4n) is 7.19. The van der Waals surface area contributed by atoms with Gasteiger partial charge in [0.2, 0.25) is 8.41 Å². The van der Waals surface area contributed by atoms with Crippen LogP contribution in [0.3, 0.4) is 0 Å². The normalized spacial score (nSPS) is 22.1. The van der Waals surface area contributed by atoms with Crippen LogP contribution in [0.25, 0.3) is 0 Å². The Hall–Kier alpha value is -4.39. The van der Waals surface area contributed by atoms with Crippen molar-refractivity contribution in [3.05, 3.63) is 101 Å². The van der Waals surface area contributed by atoms with E-state index in [1.54, 1.807) is 48.1 Å². The number of fused-ring (bicyclic) bond motifs is 2. The second-order valence-electron chi connectivity index (χ2n) is 12.8. The second-order valence-corrected chi connectivity index (χ2v) is 16.6. The minimum absolute atomic E-state index is 0.0232. The number of aliphatic hydroxyl groups is 1. The third-order valence-corrected chi connectivity index (χ3v) is 11.8. The standard InChI is InChI=1S/C35H40FN5O5Si/c1-23-32(47(3,4)36)31(16-18-40-22-27(17-19-42)38-39-40)46-35(23)29-20-28(45-2)14-15-30(29)41(34(35)44)21-24-10-12-26(13-11-24)37-33(43)25-8-6-5-7-9-25/h5-15,20,22-23,31-32,42H,16-19,21H2,1-4H3,(H,37,43)/t23-,31+,32-,35+/m1/s1. The Morgan fingerprint density at radius 1 is 1.13 bits per heavy atom. The summed E-state index contributed by atoms with van der Waals surface area (Å²) in [6.45, 7) is 5.97. The average Bonchev–Trinajstić information content (AvgIpc) is 3.71. The fourth-order valence-corrected chi connectivity index (χ4v) is 9.73. The predicted molar refractivity (Wildman–Crippen MR) is 179 cm³/mol. The molecule has 2 aliphatic rings. The number of ether oxygens (including phenoxy) is 2. The number of nitrogens with zero attached hydrogens (tertiary/aromatic N) is 4. The van der Waals surface area contributed by atoms with Crippen LogP contribution in [0.15, 0.2) is 79.0 Å². The van der Waals surface area contributed by atoms with Crippen LogP contribution in [0.1, 0.15) is 40.5 Å². The number of benzene rings is 3. The lowest BCUT2D eigenvalue weighted by molar-refractivity contribution is -0.146. The molecule has 6 rings (SSSR count). The van der Waals surface area contributed by atoms with Gasteiger partial charge in [0, 0.05) is 54.0 Å². The van der Waals surface area contributed by atoms with Crippen LogP contribution in [-0.2, 0) is 34.6 Å². The molecule has 0 aliphatic carbocycles. The molecular formula is C35H40FN5O5Si. The zero-order valence-corrected chi connectivity index (χ0v) is 28.0. The Balaban J connectivity index is 1.28. The maximum Gasteiger partial charge on any atom is 0.264 e. The molecule has 47 heavy (non-hydrogen) atoms. The number of hydrogen-bond acceptors (Lipinski definition) is 7. The lowest BCUT2D eigenvalue weighted by Crippen LogP contribution is -2.45. The summed E-state index contributed by atoms with van der Waals surface area (Å²) in [5.41, 5.74) is 2.27. The summed E-state index contributed by atoms with van der Waals surface area (Å²) in [5.74, 6) is -0.295. The molecule has 0 unspecified atom stereocenters. The van der Waals surface area contributed by atoms with Gasteiger partial charge in [-0.15, -0.1) is 5.10 Å². The summed E-state index contributed by atoms with van der Waals surface area (Å²) in [4.78, 5) is 29.0. The molecule has 1 aromatic heterocycles. The maximum absolute atomic E-state index is 16.2. The minimum atomic E-state index is -3.34. The summed E-state index contributed by atoms with van der Waals surface area (Å²) in [5, 5.41) is 20.4. The SMILES string of the molecule is COc1ccc2c(c1)[C@]1(O[C@@H](CCn3cc(CCO)nn3)[C@H]([Si](C)(C)F)[C@H]1C)C(=O)N2Cc1ccc(NC(=O)c2ccccc2)cc1. The number of hydrogen-bond donors (Lipinski definition) is 2. The number of carbonyl (C=O) groups is 2. The molecule has 4 aromatic rings. The molecule has 246 valence electrons. The number of methoxy groups -OCH3 is 1. The number of anilines is 2. The zero-order valence-electron chi connectivity index (χ0n) is 27.0. The van der Waals surface area contributed by atoms with Crippen LogP contribution < -0.4 is 15.0 Å². The van der Waals surface area contributed by atoms with E-state index in [0.29, 0.717) is 53.3 Å². The highest BCUT2D eigenvalue weighted by Gasteiger charge is 2.66. The molecule has 2 N–H and O–H groups in total. The summed E-state index contributed by atoms with van der Waals surface area (Å²) in [6, 6.07) is 21.9. The van der Waals surface area contributed by atoms with Crippen molar-refractivity contribution in [2.24, 2.45) is 5.92 Å². The van der Waals surface area contributed by atoms with E-state index in [9.17, 15) is 14.7 Å². The predicted octanol–water partition coefficient (Wildman–Crippen LogP) is 5.49. The molecule has 1 fully saturated rings. The van der Waals surface area contributed by atoms with Crippen molar-refractivity contribution in [3.8, 4) is 5.75 Å². The van der Waals surface area contributed by atoms with E-state index in [1.807, 2.05) is 67.6 Å². The Kier molecular flexibility index (Phi) is 9.01. The van der Waals surface area contributed by atoms with Gasteiger partial charge >= 0.3 is 0 Å². The molecule has 1 saturated heterocycles. The first kappa shape index (κ1) is 32.5. The number of aliphatic hydroxyl groups excluding tert-OH is 1. The van der Waals surface area contributed by atoms with Crippen molar-refractivity contribution in [1.82, 2.24) is 15.0 Å². The average molecular weight is 658 g/mol. The number of rotatable bonds is 11. The number of carbonyl (C=O) groups excluding carboxylic acids is 2. The molecule has 0 saturated carbocycles. The largest absolute Gasteiger partial charge is 0.497 e. The first-order chi connectivity index (χ1) is 22.5. The molecule has 4 atom stereocenters. The summed E-state index contributed by atoms with van der Waals surface area (Å²) in [7, 11) is -1.77. The van der Waals surface area contributed by atoms with Gasteiger partial charge in [-0.25, -0.2) is 0 Å². The summed E-state index contributed by atoms with van der Waals surface area (Å²) in [6.07, 6.45) is 2.10. The molecule has 1 spiro atoms. The topological polar surface area (TPSA) is 119 Å². The van der Waals surface area contributed by atoms with Crippen LogP contribution in [-0.4, -0.2) is 60.1 Å². The zero-order chi connectivity index (χ0) is 33.3. The van der Waals surface area contributed by atoms with Gasteiger partial charge in [-0.3, -0.25) is 14.3 Å². The maximum atomic E-state index is 16.2. The van der Waals surface area contributed by atoms with Gasteiger partial charge < -0.3 is 28.9 Å². The van der Waals surface area contributed by atoms with Gasteiger partial charge in [-0.05, 0) is 67.5 Å². The van der Waals surface area contributed by atoms with E-state index in [4.69, 9.17) is 9.47 Å². The van der Waals surface area contributed by atoms with Crippen molar-refractivity contribution in [2.45, 2.75) is 63.2 Å². The number of aryl methyl sites for hydroxylation is 1. The van der Waals surface area contributed by atoms with E-state index >= 15 is 4.11 Å². The second kappa shape index (κ2) is 13.0. The Labute approximate surface area is 274 Å². The lowest BCUT2D eigenvalue weighted by Gasteiger charge is -2.31. The van der Waals surface area contributed by atoms with Gasteiger partial charge in [0.25, 0.3) is 11.8 Å². The third-order valence-electron chi connectivity index (χ3n) is 9.35. The molecule has 3 heterocycles. The highest BCUT2D eigenvalue weighted by Crippen LogP contribution is 2.60. The number of nitrogens with one attached hydrogen (secondary N) is 1. The van der Waals surface area contributed by atoms with Gasteiger partial charge in [0.1, 0.15) is 5.75 Å².